The van der Waals surface area contributed by atoms with E-state index in [-0.39, 0.29) is 5.92 Å². The zero-order chi connectivity index (χ0) is 20.4. The molecule has 2 atom stereocenters. The zero-order valence-corrected chi connectivity index (χ0v) is 16.9. The maximum absolute atomic E-state index is 11.4. The van der Waals surface area contributed by atoms with Crippen molar-refractivity contribution >= 4 is 11.6 Å². The monoisotopic (exact) mass is 393 g/mol. The number of carboxylic acid groups (broad SMARTS) is 1. The Morgan fingerprint density at radius 1 is 1.24 bits per heavy atom. The summed E-state index contributed by atoms with van der Waals surface area (Å²) in [7, 11) is 0. The molecule has 0 spiro atoms. The highest BCUT2D eigenvalue weighted by atomic mass is 16.5. The van der Waals surface area contributed by atoms with Gasteiger partial charge in [0, 0.05) is 32.0 Å². The van der Waals surface area contributed by atoms with Crippen molar-refractivity contribution < 1.29 is 14.6 Å². The van der Waals surface area contributed by atoms with E-state index in [2.05, 4.69) is 28.9 Å². The van der Waals surface area contributed by atoms with Gasteiger partial charge < -0.3 is 14.2 Å². The molecule has 1 fully saturated rings. The normalized spacial score (nSPS) is 20.1. The number of likely N-dealkylation sites (tertiary alicyclic amines) is 1. The number of rotatable bonds is 6. The summed E-state index contributed by atoms with van der Waals surface area (Å²) in [6.45, 7) is 6.92. The summed E-state index contributed by atoms with van der Waals surface area (Å²) in [5.74, 6) is 0.252. The lowest BCUT2D eigenvalue weighted by molar-refractivity contribution is -0.144. The van der Waals surface area contributed by atoms with Gasteiger partial charge in [0.25, 0.3) is 0 Å². The second kappa shape index (κ2) is 8.25. The van der Waals surface area contributed by atoms with Crippen molar-refractivity contribution in [2.24, 2.45) is 11.8 Å². The number of nitrogens with zero attached hydrogens (tertiary/aromatic N) is 3. The molecule has 2 aromatic heterocycles. The topological polar surface area (TPSA) is 67.1 Å². The van der Waals surface area contributed by atoms with Gasteiger partial charge in [-0.05, 0) is 48.6 Å². The fraction of sp³-hybridized carbons (Fsp3) is 0.391. The molecule has 3 heterocycles. The Hall–Kier alpha value is -2.86. The number of carboxylic acids is 1. The molecule has 152 valence electrons. The van der Waals surface area contributed by atoms with Gasteiger partial charge in [-0.1, -0.05) is 25.1 Å². The van der Waals surface area contributed by atoms with E-state index in [0.717, 1.165) is 42.2 Å². The first kappa shape index (κ1) is 19.5. The lowest BCUT2D eigenvalue weighted by Gasteiger charge is -2.34. The molecule has 1 aliphatic heterocycles. The Morgan fingerprint density at radius 2 is 2.03 bits per heavy atom. The molecule has 1 aromatic carbocycles. The number of aliphatic carboxylic acids is 1. The molecular weight excluding hydrogens is 366 g/mol. The molecule has 1 N–H and O–H groups in total. The van der Waals surface area contributed by atoms with Crippen molar-refractivity contribution in [3.8, 4) is 5.75 Å². The van der Waals surface area contributed by atoms with Crippen LogP contribution in [0.4, 0.5) is 0 Å². The standard InChI is InChI=1S/C23H27N3O3/c1-16-10-19(23(27)28)13-25(11-16)12-18-5-7-21(8-6-18)29-15-20-14-26-9-3-4-17(2)22(26)24-20/h3-9,14,16,19H,10-13,15H2,1-2H3,(H,27,28). The SMILES string of the molecule is Cc1cccn2cc(COc3ccc(CN4CC(C)CC(C(=O)O)C4)cc3)nc12. The van der Waals surface area contributed by atoms with Crippen molar-refractivity contribution in [2.75, 3.05) is 13.1 Å². The van der Waals surface area contributed by atoms with Crippen molar-refractivity contribution in [3.05, 3.63) is 65.6 Å². The van der Waals surface area contributed by atoms with Crippen molar-refractivity contribution in [3.63, 3.8) is 0 Å². The molecule has 0 bridgehead atoms. The number of aromatic nitrogens is 2. The average molecular weight is 393 g/mol. The van der Waals surface area contributed by atoms with Crippen LogP contribution < -0.4 is 4.74 Å². The molecule has 2 unspecified atom stereocenters. The van der Waals surface area contributed by atoms with E-state index in [1.165, 1.54) is 5.56 Å². The van der Waals surface area contributed by atoms with Gasteiger partial charge in [0.2, 0.25) is 0 Å². The van der Waals surface area contributed by atoms with Crippen molar-refractivity contribution in [1.29, 1.82) is 0 Å². The number of imidazole rings is 1. The highest BCUT2D eigenvalue weighted by Crippen LogP contribution is 2.24. The summed E-state index contributed by atoms with van der Waals surface area (Å²) in [4.78, 5) is 18.2. The summed E-state index contributed by atoms with van der Waals surface area (Å²) >= 11 is 0. The average Bonchev–Trinajstić information content (AvgIpc) is 3.11. The van der Waals surface area contributed by atoms with E-state index in [0.29, 0.717) is 19.1 Å². The summed E-state index contributed by atoms with van der Waals surface area (Å²) in [6, 6.07) is 12.1. The quantitative estimate of drug-likeness (QED) is 0.691. The van der Waals surface area contributed by atoms with Gasteiger partial charge in [0.1, 0.15) is 18.0 Å². The number of aryl methyl sites for hydroxylation is 1. The van der Waals surface area contributed by atoms with Crippen LogP contribution in [0.1, 0.15) is 30.2 Å². The largest absolute Gasteiger partial charge is 0.487 e. The van der Waals surface area contributed by atoms with Crippen LogP contribution in [0.5, 0.6) is 5.75 Å². The van der Waals surface area contributed by atoms with E-state index < -0.39 is 5.97 Å². The van der Waals surface area contributed by atoms with Crippen LogP contribution in [-0.4, -0.2) is 38.4 Å². The maximum atomic E-state index is 11.4. The van der Waals surface area contributed by atoms with Crippen LogP contribution >= 0.6 is 0 Å². The molecule has 4 rings (SSSR count). The highest BCUT2D eigenvalue weighted by molar-refractivity contribution is 5.70. The number of pyridine rings is 1. The minimum atomic E-state index is -0.688. The number of ether oxygens (including phenoxy) is 1. The van der Waals surface area contributed by atoms with Crippen LogP contribution in [0.2, 0.25) is 0 Å². The second-order valence-electron chi connectivity index (χ2n) is 8.16. The molecule has 0 saturated carbocycles. The molecular formula is C23H27N3O3. The Morgan fingerprint density at radius 3 is 2.76 bits per heavy atom. The third kappa shape index (κ3) is 4.59. The molecule has 29 heavy (non-hydrogen) atoms. The minimum Gasteiger partial charge on any atom is -0.487 e. The Bertz CT molecular complexity index is 996. The number of fused-ring (bicyclic) bond motifs is 1. The number of hydrogen-bond acceptors (Lipinski definition) is 4. The van der Waals surface area contributed by atoms with E-state index in [9.17, 15) is 9.90 Å². The predicted octanol–water partition coefficient (Wildman–Crippen LogP) is 3.76. The number of piperidine rings is 1. The molecule has 0 radical (unpaired) electrons. The first-order valence-corrected chi connectivity index (χ1v) is 10.1. The molecule has 0 aliphatic carbocycles. The zero-order valence-electron chi connectivity index (χ0n) is 16.9. The maximum Gasteiger partial charge on any atom is 0.307 e. The molecule has 3 aromatic rings. The molecule has 6 heteroatoms. The Labute approximate surface area is 170 Å². The summed E-state index contributed by atoms with van der Waals surface area (Å²) in [6.07, 6.45) is 4.75. The van der Waals surface area contributed by atoms with Gasteiger partial charge in [0.05, 0.1) is 11.6 Å². The highest BCUT2D eigenvalue weighted by Gasteiger charge is 2.29. The summed E-state index contributed by atoms with van der Waals surface area (Å²) < 4.78 is 7.92. The van der Waals surface area contributed by atoms with Crippen LogP contribution in [0.15, 0.2) is 48.8 Å². The summed E-state index contributed by atoms with van der Waals surface area (Å²) in [5, 5.41) is 9.34. The molecule has 0 amide bonds. The van der Waals surface area contributed by atoms with Gasteiger partial charge >= 0.3 is 5.97 Å². The van der Waals surface area contributed by atoms with Gasteiger partial charge in [0.15, 0.2) is 0 Å². The van der Waals surface area contributed by atoms with E-state index >= 15 is 0 Å². The summed E-state index contributed by atoms with van der Waals surface area (Å²) in [5.41, 5.74) is 4.15. The third-order valence-corrected chi connectivity index (χ3v) is 5.53. The first-order chi connectivity index (χ1) is 14.0. The second-order valence-corrected chi connectivity index (χ2v) is 8.16. The molecule has 6 nitrogen and oxygen atoms in total. The van der Waals surface area contributed by atoms with Crippen LogP contribution in [-0.2, 0) is 17.9 Å². The van der Waals surface area contributed by atoms with Crippen molar-refractivity contribution in [1.82, 2.24) is 14.3 Å². The van der Waals surface area contributed by atoms with Crippen LogP contribution in [0, 0.1) is 18.8 Å². The van der Waals surface area contributed by atoms with E-state index in [1.54, 1.807) is 0 Å². The number of carbonyl (C=O) groups is 1. The third-order valence-electron chi connectivity index (χ3n) is 5.53. The molecule has 1 saturated heterocycles. The smallest absolute Gasteiger partial charge is 0.307 e. The number of benzene rings is 1. The van der Waals surface area contributed by atoms with Crippen molar-refractivity contribution in [2.45, 2.75) is 33.4 Å². The van der Waals surface area contributed by atoms with Gasteiger partial charge in [-0.15, -0.1) is 0 Å². The van der Waals surface area contributed by atoms with Gasteiger partial charge in [-0.3, -0.25) is 9.69 Å². The van der Waals surface area contributed by atoms with E-state index in [4.69, 9.17) is 4.74 Å². The predicted molar refractivity (Wildman–Crippen MR) is 111 cm³/mol. The first-order valence-electron chi connectivity index (χ1n) is 10.1. The Kier molecular flexibility index (Phi) is 5.53. The van der Waals surface area contributed by atoms with Gasteiger partial charge in [-0.2, -0.15) is 0 Å². The molecule has 1 aliphatic rings. The lowest BCUT2D eigenvalue weighted by Crippen LogP contribution is -2.41. The van der Waals surface area contributed by atoms with E-state index in [1.807, 2.05) is 48.0 Å². The lowest BCUT2D eigenvalue weighted by atomic mass is 9.90. The van der Waals surface area contributed by atoms with Gasteiger partial charge in [-0.25, -0.2) is 4.98 Å². The fourth-order valence-electron chi connectivity index (χ4n) is 4.15. The van der Waals surface area contributed by atoms with Crippen LogP contribution in [0.3, 0.4) is 0 Å². The van der Waals surface area contributed by atoms with Crippen LogP contribution in [0.25, 0.3) is 5.65 Å². The minimum absolute atomic E-state index is 0.268. The Balaban J connectivity index is 1.35. The fourth-order valence-corrected chi connectivity index (χ4v) is 4.15. The number of hydrogen-bond donors (Lipinski definition) is 1.